The van der Waals surface area contributed by atoms with Gasteiger partial charge in [-0.15, -0.1) is 0 Å². The molecule has 128 valence electrons. The molecule has 0 aliphatic heterocycles. The van der Waals surface area contributed by atoms with E-state index >= 15 is 0 Å². The molecule has 2 aromatic heterocycles. The van der Waals surface area contributed by atoms with E-state index in [2.05, 4.69) is 15.4 Å². The molecule has 0 radical (unpaired) electrons. The summed E-state index contributed by atoms with van der Waals surface area (Å²) in [5.74, 6) is 0.909. The van der Waals surface area contributed by atoms with E-state index in [-0.39, 0.29) is 0 Å². The van der Waals surface area contributed by atoms with E-state index in [0.29, 0.717) is 11.6 Å². The van der Waals surface area contributed by atoms with Crippen LogP contribution in [-0.4, -0.2) is 20.9 Å². The number of para-hydroxylation sites is 1. The van der Waals surface area contributed by atoms with Gasteiger partial charge in [-0.2, -0.15) is 5.10 Å². The highest BCUT2D eigenvalue weighted by molar-refractivity contribution is 5.91. The van der Waals surface area contributed by atoms with Crippen molar-refractivity contribution in [2.75, 3.05) is 5.32 Å². The molecule has 1 N–H and O–H groups in total. The summed E-state index contributed by atoms with van der Waals surface area (Å²) >= 11 is 0. The van der Waals surface area contributed by atoms with Crippen molar-refractivity contribution in [3.05, 3.63) is 73.2 Å². The van der Waals surface area contributed by atoms with Crippen molar-refractivity contribution in [2.45, 2.75) is 0 Å². The lowest BCUT2D eigenvalue weighted by Crippen LogP contribution is -2.17. The predicted octanol–water partition coefficient (Wildman–Crippen LogP) is 4.25. The lowest BCUT2D eigenvalue weighted by molar-refractivity contribution is 0.215. The Morgan fingerprint density at radius 2 is 1.85 bits per heavy atom. The molecule has 0 fully saturated rings. The van der Waals surface area contributed by atoms with Crippen LogP contribution in [0.5, 0.6) is 5.75 Å². The Hall–Kier alpha value is -3.67. The van der Waals surface area contributed by atoms with Crippen molar-refractivity contribution in [3.8, 4) is 16.9 Å². The maximum atomic E-state index is 12.0. The number of hydrogen-bond donors (Lipinski definition) is 1. The van der Waals surface area contributed by atoms with Crippen LogP contribution in [0, 0.1) is 0 Å². The van der Waals surface area contributed by atoms with Crippen LogP contribution in [0.1, 0.15) is 0 Å². The van der Waals surface area contributed by atoms with Crippen LogP contribution in [0.15, 0.2) is 73.2 Å². The number of aromatic nitrogens is 3. The monoisotopic (exact) mass is 344 g/mol. The normalized spacial score (nSPS) is 10.7. The minimum atomic E-state index is -0.577. The van der Waals surface area contributed by atoms with Crippen molar-refractivity contribution in [1.82, 2.24) is 14.8 Å². The molecule has 0 unspecified atom stereocenters. The smallest absolute Gasteiger partial charge is 0.410 e. The molecule has 0 bridgehead atoms. The highest BCUT2D eigenvalue weighted by atomic mass is 16.6. The molecule has 0 saturated heterocycles. The fraction of sp³-hybridized carbons (Fsp3) is 0.0500. The summed E-state index contributed by atoms with van der Waals surface area (Å²) in [6, 6.07) is 16.8. The lowest BCUT2D eigenvalue weighted by atomic mass is 10.1. The molecule has 4 aromatic rings. The first-order valence-electron chi connectivity index (χ1n) is 8.10. The van der Waals surface area contributed by atoms with E-state index < -0.39 is 6.09 Å². The Kier molecular flexibility index (Phi) is 4.07. The van der Waals surface area contributed by atoms with Crippen molar-refractivity contribution in [2.24, 2.45) is 7.05 Å². The molecule has 0 saturated carbocycles. The summed E-state index contributed by atoms with van der Waals surface area (Å²) in [6.07, 6.45) is 4.92. The molecule has 0 spiro atoms. The number of pyridine rings is 1. The molecule has 2 heterocycles. The second kappa shape index (κ2) is 6.68. The summed E-state index contributed by atoms with van der Waals surface area (Å²) in [5.41, 5.74) is 2.08. The minimum absolute atomic E-state index is 0.432. The van der Waals surface area contributed by atoms with E-state index in [4.69, 9.17) is 4.74 Å². The molecule has 26 heavy (non-hydrogen) atoms. The topological polar surface area (TPSA) is 69.0 Å². The molecule has 6 nitrogen and oxygen atoms in total. The largest absolute Gasteiger partial charge is 0.418 e. The number of carbonyl (C=O) groups is 1. The van der Waals surface area contributed by atoms with Gasteiger partial charge in [-0.1, -0.05) is 30.3 Å². The van der Waals surface area contributed by atoms with Gasteiger partial charge < -0.3 is 4.74 Å². The van der Waals surface area contributed by atoms with Gasteiger partial charge in [0, 0.05) is 30.4 Å². The van der Waals surface area contributed by atoms with E-state index in [9.17, 15) is 4.79 Å². The van der Waals surface area contributed by atoms with Crippen LogP contribution >= 0.6 is 0 Å². The molecule has 1 amide bonds. The first-order valence-corrected chi connectivity index (χ1v) is 8.10. The Labute approximate surface area is 150 Å². The number of rotatable bonds is 3. The number of nitrogens with zero attached hydrogens (tertiary/aromatic N) is 3. The summed E-state index contributed by atoms with van der Waals surface area (Å²) in [6.45, 7) is 0. The minimum Gasteiger partial charge on any atom is -0.410 e. The third kappa shape index (κ3) is 3.39. The van der Waals surface area contributed by atoms with E-state index in [1.165, 1.54) is 0 Å². The zero-order chi connectivity index (χ0) is 17.9. The summed E-state index contributed by atoms with van der Waals surface area (Å²) in [5, 5.41) is 8.81. The molecule has 0 aliphatic rings. The van der Waals surface area contributed by atoms with Gasteiger partial charge in [0.2, 0.25) is 0 Å². The number of ether oxygens (including phenoxy) is 1. The van der Waals surface area contributed by atoms with Crippen LogP contribution in [0.25, 0.3) is 21.9 Å². The van der Waals surface area contributed by atoms with Gasteiger partial charge in [0.15, 0.2) is 0 Å². The number of hydrogen-bond acceptors (Lipinski definition) is 4. The van der Waals surface area contributed by atoms with Gasteiger partial charge >= 0.3 is 6.09 Å². The number of amides is 1. The Morgan fingerprint density at radius 3 is 2.62 bits per heavy atom. The fourth-order valence-corrected chi connectivity index (χ4v) is 2.68. The number of carbonyl (C=O) groups excluding carboxylic acids is 1. The van der Waals surface area contributed by atoms with Crippen LogP contribution < -0.4 is 10.1 Å². The van der Waals surface area contributed by atoms with Crippen molar-refractivity contribution in [3.63, 3.8) is 0 Å². The van der Waals surface area contributed by atoms with E-state index in [0.717, 1.165) is 21.9 Å². The standard InChI is InChI=1S/C20H16N4O2/c1-24-13-17(12-22-24)14-7-8-15-11-21-19(10-16(15)9-14)23-20(25)26-18-5-3-2-4-6-18/h2-13H,1H3,(H,21,23,25). The second-order valence-electron chi connectivity index (χ2n) is 5.86. The Morgan fingerprint density at radius 1 is 1.00 bits per heavy atom. The number of benzene rings is 2. The fourth-order valence-electron chi connectivity index (χ4n) is 2.68. The highest BCUT2D eigenvalue weighted by Crippen LogP contribution is 2.25. The Bertz CT molecular complexity index is 1070. The van der Waals surface area contributed by atoms with Gasteiger partial charge in [-0.25, -0.2) is 9.78 Å². The van der Waals surface area contributed by atoms with Gasteiger partial charge in [0.1, 0.15) is 11.6 Å². The molecule has 0 atom stereocenters. The van der Waals surface area contributed by atoms with Crippen LogP contribution in [0.3, 0.4) is 0 Å². The average molecular weight is 344 g/mol. The zero-order valence-electron chi connectivity index (χ0n) is 14.1. The van der Waals surface area contributed by atoms with Crippen molar-refractivity contribution >= 4 is 22.7 Å². The van der Waals surface area contributed by atoms with Gasteiger partial charge in [-0.05, 0) is 35.2 Å². The maximum absolute atomic E-state index is 12.0. The van der Waals surface area contributed by atoms with E-state index in [1.54, 1.807) is 35.1 Å². The number of aryl methyl sites for hydroxylation is 1. The molecule has 4 rings (SSSR count). The Balaban J connectivity index is 1.57. The number of anilines is 1. The zero-order valence-corrected chi connectivity index (χ0v) is 14.1. The third-order valence-electron chi connectivity index (χ3n) is 3.94. The van der Waals surface area contributed by atoms with Crippen molar-refractivity contribution in [1.29, 1.82) is 0 Å². The van der Waals surface area contributed by atoms with Crippen LogP contribution in [0.4, 0.5) is 10.6 Å². The third-order valence-corrected chi connectivity index (χ3v) is 3.94. The molecule has 0 aliphatic carbocycles. The predicted molar refractivity (Wildman–Crippen MR) is 100 cm³/mol. The summed E-state index contributed by atoms with van der Waals surface area (Å²) in [7, 11) is 1.88. The highest BCUT2D eigenvalue weighted by Gasteiger charge is 2.08. The first-order chi connectivity index (χ1) is 12.7. The second-order valence-corrected chi connectivity index (χ2v) is 5.86. The lowest BCUT2D eigenvalue weighted by Gasteiger charge is -2.07. The van der Waals surface area contributed by atoms with E-state index in [1.807, 2.05) is 49.8 Å². The van der Waals surface area contributed by atoms with Crippen LogP contribution in [-0.2, 0) is 7.05 Å². The SMILES string of the molecule is Cn1cc(-c2ccc3cnc(NC(=O)Oc4ccccc4)cc3c2)cn1. The molecular weight excluding hydrogens is 328 g/mol. The number of nitrogens with one attached hydrogen (secondary N) is 1. The summed E-state index contributed by atoms with van der Waals surface area (Å²) in [4.78, 5) is 16.3. The van der Waals surface area contributed by atoms with Gasteiger partial charge in [-0.3, -0.25) is 10.00 Å². The maximum Gasteiger partial charge on any atom is 0.418 e. The summed E-state index contributed by atoms with van der Waals surface area (Å²) < 4.78 is 6.99. The molecule has 2 aromatic carbocycles. The van der Waals surface area contributed by atoms with Gasteiger partial charge in [0.05, 0.1) is 6.20 Å². The van der Waals surface area contributed by atoms with Crippen molar-refractivity contribution < 1.29 is 9.53 Å². The quantitative estimate of drug-likeness (QED) is 0.603. The van der Waals surface area contributed by atoms with Gasteiger partial charge in [0.25, 0.3) is 0 Å². The molecule has 6 heteroatoms. The number of fused-ring (bicyclic) bond motifs is 1. The molecular formula is C20H16N4O2. The van der Waals surface area contributed by atoms with Crippen LogP contribution in [0.2, 0.25) is 0 Å². The first kappa shape index (κ1) is 15.8. The average Bonchev–Trinajstić information content (AvgIpc) is 3.08.